The number of fused-ring (bicyclic) bond motifs is 2. The van der Waals surface area contributed by atoms with Crippen LogP contribution in [0.4, 0.5) is 0 Å². The van der Waals surface area contributed by atoms with E-state index in [1.54, 1.807) is 0 Å². The molecule has 2 heteroatoms. The second-order valence-electron chi connectivity index (χ2n) is 6.16. The van der Waals surface area contributed by atoms with E-state index in [2.05, 4.69) is 20.8 Å². The fourth-order valence-corrected chi connectivity index (χ4v) is 3.95. The lowest BCUT2D eigenvalue weighted by Gasteiger charge is -2.63. The summed E-state index contributed by atoms with van der Waals surface area (Å²) in [7, 11) is 0. The van der Waals surface area contributed by atoms with E-state index < -0.39 is 0 Å². The van der Waals surface area contributed by atoms with Crippen LogP contribution in [0.5, 0.6) is 0 Å². The first-order valence-corrected chi connectivity index (χ1v) is 5.88. The third-order valence-corrected chi connectivity index (χ3v) is 4.91. The van der Waals surface area contributed by atoms with Crippen LogP contribution in [0.15, 0.2) is 0 Å². The summed E-state index contributed by atoms with van der Waals surface area (Å²) in [5.41, 5.74) is 0.253. The van der Waals surface area contributed by atoms with Crippen LogP contribution in [-0.4, -0.2) is 12.1 Å². The maximum atomic E-state index is 11.9. The van der Waals surface area contributed by atoms with E-state index in [-0.39, 0.29) is 10.8 Å². The first-order valence-electron chi connectivity index (χ1n) is 5.88. The molecule has 0 N–H and O–H groups in total. The molecule has 3 aliphatic rings. The van der Waals surface area contributed by atoms with Gasteiger partial charge in [-0.3, -0.25) is 4.79 Å². The second kappa shape index (κ2) is 3.16. The van der Waals surface area contributed by atoms with Crippen molar-refractivity contribution in [1.82, 2.24) is 0 Å². The summed E-state index contributed by atoms with van der Waals surface area (Å²) in [6.07, 6.45) is 4.21. The SMILES string of the molecule is CC1(C)C2CC1[C@@](C)(CCC=O)CC2=O. The molecule has 0 amide bonds. The molecular weight excluding hydrogens is 188 g/mol. The van der Waals surface area contributed by atoms with Gasteiger partial charge in [-0.15, -0.1) is 0 Å². The lowest BCUT2D eigenvalue weighted by Crippen LogP contribution is -2.61. The minimum atomic E-state index is 0.0796. The molecule has 3 saturated carbocycles. The molecule has 0 aliphatic heterocycles. The minimum Gasteiger partial charge on any atom is -0.303 e. The number of Topliss-reactive ketones (excluding diaryl/α,β-unsaturated/α-hetero) is 1. The van der Waals surface area contributed by atoms with Crippen LogP contribution in [-0.2, 0) is 9.59 Å². The third kappa shape index (κ3) is 1.37. The van der Waals surface area contributed by atoms with Gasteiger partial charge in [-0.1, -0.05) is 20.8 Å². The molecule has 0 spiro atoms. The molecule has 15 heavy (non-hydrogen) atoms. The van der Waals surface area contributed by atoms with Gasteiger partial charge in [0.25, 0.3) is 0 Å². The van der Waals surface area contributed by atoms with Crippen molar-refractivity contribution >= 4 is 12.1 Å². The van der Waals surface area contributed by atoms with Crippen LogP contribution in [0.2, 0.25) is 0 Å². The number of rotatable bonds is 3. The summed E-state index contributed by atoms with van der Waals surface area (Å²) < 4.78 is 0. The molecule has 0 aromatic carbocycles. The summed E-state index contributed by atoms with van der Waals surface area (Å²) in [6, 6.07) is 0. The van der Waals surface area contributed by atoms with Gasteiger partial charge in [0.05, 0.1) is 0 Å². The van der Waals surface area contributed by atoms with Gasteiger partial charge in [0.15, 0.2) is 0 Å². The van der Waals surface area contributed by atoms with Gasteiger partial charge in [0.1, 0.15) is 12.1 Å². The zero-order valence-electron chi connectivity index (χ0n) is 9.88. The van der Waals surface area contributed by atoms with Gasteiger partial charge >= 0.3 is 0 Å². The predicted octanol–water partition coefficient (Wildman–Crippen LogP) is 2.61. The normalized spacial score (nSPS) is 42.2. The second-order valence-corrected chi connectivity index (χ2v) is 6.16. The molecule has 3 atom stereocenters. The van der Waals surface area contributed by atoms with Crippen molar-refractivity contribution in [2.45, 2.75) is 46.5 Å². The van der Waals surface area contributed by atoms with E-state index in [0.717, 1.165) is 19.1 Å². The standard InChI is InChI=1S/C13H20O2/c1-12(2)9-7-11(12)13(3,5-4-6-14)8-10(9)15/h6,9,11H,4-5,7-8H2,1-3H3/t9?,11?,13-/m0/s1. The van der Waals surface area contributed by atoms with Crippen molar-refractivity contribution in [3.8, 4) is 0 Å². The van der Waals surface area contributed by atoms with Crippen LogP contribution in [0.1, 0.15) is 46.5 Å². The van der Waals surface area contributed by atoms with Gasteiger partial charge < -0.3 is 4.79 Å². The highest BCUT2D eigenvalue weighted by Gasteiger charge is 2.62. The quantitative estimate of drug-likeness (QED) is 0.668. The molecule has 2 nitrogen and oxygen atoms in total. The lowest BCUT2D eigenvalue weighted by atomic mass is 9.40. The van der Waals surface area contributed by atoms with E-state index in [1.807, 2.05) is 0 Å². The Morgan fingerprint density at radius 1 is 1.40 bits per heavy atom. The van der Waals surface area contributed by atoms with Crippen molar-refractivity contribution in [2.24, 2.45) is 22.7 Å². The highest BCUT2D eigenvalue weighted by molar-refractivity contribution is 5.85. The maximum absolute atomic E-state index is 11.9. The van der Waals surface area contributed by atoms with Crippen molar-refractivity contribution in [3.63, 3.8) is 0 Å². The summed E-state index contributed by atoms with van der Waals surface area (Å²) in [5.74, 6) is 1.36. The zero-order valence-corrected chi connectivity index (χ0v) is 9.88. The summed E-state index contributed by atoms with van der Waals surface area (Å²) in [6.45, 7) is 6.61. The number of hydrogen-bond acceptors (Lipinski definition) is 2. The number of hydrogen-bond donors (Lipinski definition) is 0. The summed E-state index contributed by atoms with van der Waals surface area (Å²) in [4.78, 5) is 22.4. The molecule has 0 aromatic heterocycles. The van der Waals surface area contributed by atoms with Crippen molar-refractivity contribution in [3.05, 3.63) is 0 Å². The Bertz CT molecular complexity index is 306. The topological polar surface area (TPSA) is 34.1 Å². The van der Waals surface area contributed by atoms with Crippen LogP contribution in [0.25, 0.3) is 0 Å². The zero-order chi connectivity index (χ0) is 11.3. The van der Waals surface area contributed by atoms with Crippen LogP contribution >= 0.6 is 0 Å². The average molecular weight is 208 g/mol. The highest BCUT2D eigenvalue weighted by atomic mass is 16.1. The Morgan fingerprint density at radius 2 is 2.07 bits per heavy atom. The smallest absolute Gasteiger partial charge is 0.137 e. The largest absolute Gasteiger partial charge is 0.303 e. The molecule has 3 fully saturated rings. The number of carbonyl (C=O) groups is 2. The Labute approximate surface area is 91.4 Å². The fourth-order valence-electron chi connectivity index (χ4n) is 3.95. The van der Waals surface area contributed by atoms with E-state index in [1.165, 1.54) is 0 Å². The van der Waals surface area contributed by atoms with Gasteiger partial charge in [0, 0.05) is 18.8 Å². The van der Waals surface area contributed by atoms with E-state index in [9.17, 15) is 9.59 Å². The molecule has 2 unspecified atom stereocenters. The monoisotopic (exact) mass is 208 g/mol. The van der Waals surface area contributed by atoms with E-state index in [0.29, 0.717) is 30.5 Å². The van der Waals surface area contributed by atoms with E-state index >= 15 is 0 Å². The molecule has 2 bridgehead atoms. The molecule has 0 aromatic rings. The fraction of sp³-hybridized carbons (Fsp3) is 0.846. The molecular formula is C13H20O2. The van der Waals surface area contributed by atoms with E-state index in [4.69, 9.17) is 0 Å². The number of aldehydes is 1. The van der Waals surface area contributed by atoms with Crippen LogP contribution < -0.4 is 0 Å². The molecule has 3 aliphatic carbocycles. The molecule has 0 radical (unpaired) electrons. The number of carbonyl (C=O) groups excluding carboxylic acids is 2. The summed E-state index contributed by atoms with van der Waals surface area (Å²) >= 11 is 0. The number of ketones is 1. The molecule has 3 rings (SSSR count). The predicted molar refractivity (Wildman–Crippen MR) is 58.4 cm³/mol. The first kappa shape index (κ1) is 10.8. The lowest BCUT2D eigenvalue weighted by molar-refractivity contribution is -0.174. The minimum absolute atomic E-state index is 0.0796. The Kier molecular flexibility index (Phi) is 2.29. The molecule has 0 heterocycles. The van der Waals surface area contributed by atoms with Crippen molar-refractivity contribution in [1.29, 1.82) is 0 Å². The van der Waals surface area contributed by atoms with Gasteiger partial charge in [-0.25, -0.2) is 0 Å². The third-order valence-electron chi connectivity index (χ3n) is 4.91. The van der Waals surface area contributed by atoms with Gasteiger partial charge in [0.2, 0.25) is 0 Å². The molecule has 84 valence electrons. The highest BCUT2D eigenvalue weighted by Crippen LogP contribution is 2.65. The Balaban J connectivity index is 2.19. The summed E-state index contributed by atoms with van der Waals surface area (Å²) in [5, 5.41) is 0. The van der Waals surface area contributed by atoms with Crippen molar-refractivity contribution < 1.29 is 9.59 Å². The molecule has 0 saturated heterocycles. The first-order chi connectivity index (χ1) is 6.92. The van der Waals surface area contributed by atoms with Crippen LogP contribution in [0, 0.1) is 22.7 Å². The maximum Gasteiger partial charge on any atom is 0.137 e. The average Bonchev–Trinajstić information content (AvgIpc) is 2.12. The van der Waals surface area contributed by atoms with Crippen LogP contribution in [0.3, 0.4) is 0 Å². The Morgan fingerprint density at radius 3 is 2.53 bits per heavy atom. The van der Waals surface area contributed by atoms with Gasteiger partial charge in [-0.05, 0) is 29.6 Å². The Hall–Kier alpha value is -0.660. The van der Waals surface area contributed by atoms with Crippen molar-refractivity contribution in [2.75, 3.05) is 0 Å². The van der Waals surface area contributed by atoms with Gasteiger partial charge in [-0.2, -0.15) is 0 Å².